The molecule has 0 saturated carbocycles. The minimum Gasteiger partial charge on any atom is -0.493 e. The van der Waals surface area contributed by atoms with Crippen molar-refractivity contribution < 1.29 is 23.8 Å². The van der Waals surface area contributed by atoms with Crippen LogP contribution in [0.25, 0.3) is 0 Å². The van der Waals surface area contributed by atoms with Gasteiger partial charge >= 0.3 is 5.97 Å². The Balaban J connectivity index is 1.44. The molecular formula is C29H41N3O5. The SMILES string of the molecule is CCCCCCc1ccc(N(Nc2cccc(OCCC(=O)OCCN3CCOCC3)c2)C(C)=O)cc1. The molecule has 0 radical (unpaired) electrons. The van der Waals surface area contributed by atoms with E-state index in [1.807, 2.05) is 36.4 Å². The Labute approximate surface area is 220 Å². The van der Waals surface area contributed by atoms with Crippen LogP contribution in [0.2, 0.25) is 0 Å². The molecule has 37 heavy (non-hydrogen) atoms. The summed E-state index contributed by atoms with van der Waals surface area (Å²) in [6.07, 6.45) is 6.14. The first kappa shape index (κ1) is 28.5. The first-order valence-corrected chi connectivity index (χ1v) is 13.4. The van der Waals surface area contributed by atoms with Crippen molar-refractivity contribution in [2.24, 2.45) is 0 Å². The number of carbonyl (C=O) groups excluding carboxylic acids is 2. The smallest absolute Gasteiger partial charge is 0.309 e. The number of benzene rings is 2. The van der Waals surface area contributed by atoms with Crippen LogP contribution in [0.3, 0.4) is 0 Å². The number of anilines is 2. The van der Waals surface area contributed by atoms with Gasteiger partial charge in [0.2, 0.25) is 5.91 Å². The fourth-order valence-corrected chi connectivity index (χ4v) is 4.11. The van der Waals surface area contributed by atoms with Gasteiger partial charge in [-0.3, -0.25) is 19.9 Å². The normalized spacial score (nSPS) is 13.7. The number of hydrogen-bond acceptors (Lipinski definition) is 7. The fourth-order valence-electron chi connectivity index (χ4n) is 4.11. The van der Waals surface area contributed by atoms with Crippen LogP contribution in [0.1, 0.15) is 51.5 Å². The number of hydrogen-bond donors (Lipinski definition) is 1. The van der Waals surface area contributed by atoms with E-state index < -0.39 is 0 Å². The van der Waals surface area contributed by atoms with Crippen molar-refractivity contribution in [3.63, 3.8) is 0 Å². The number of nitrogens with zero attached hydrogens (tertiary/aromatic N) is 2. The molecule has 1 heterocycles. The molecule has 1 fully saturated rings. The molecule has 1 saturated heterocycles. The number of morpholine rings is 1. The maximum atomic E-state index is 12.4. The van der Waals surface area contributed by atoms with E-state index >= 15 is 0 Å². The zero-order chi connectivity index (χ0) is 26.3. The largest absolute Gasteiger partial charge is 0.493 e. The molecule has 1 aliphatic heterocycles. The van der Waals surface area contributed by atoms with Crippen LogP contribution in [0.15, 0.2) is 48.5 Å². The highest BCUT2D eigenvalue weighted by Crippen LogP contribution is 2.22. The van der Waals surface area contributed by atoms with Gasteiger partial charge in [0, 0.05) is 32.6 Å². The highest BCUT2D eigenvalue weighted by atomic mass is 16.5. The minimum atomic E-state index is -0.279. The second-order valence-corrected chi connectivity index (χ2v) is 9.24. The molecular weight excluding hydrogens is 470 g/mol. The highest BCUT2D eigenvalue weighted by Gasteiger charge is 2.13. The number of unbranched alkanes of at least 4 members (excludes halogenated alkanes) is 3. The summed E-state index contributed by atoms with van der Waals surface area (Å²) < 4.78 is 16.4. The molecule has 1 aliphatic rings. The number of esters is 1. The van der Waals surface area contributed by atoms with Crippen molar-refractivity contribution >= 4 is 23.3 Å². The summed E-state index contributed by atoms with van der Waals surface area (Å²) in [4.78, 5) is 26.6. The fraction of sp³-hybridized carbons (Fsp3) is 0.517. The van der Waals surface area contributed by atoms with Crippen molar-refractivity contribution in [1.82, 2.24) is 4.90 Å². The third-order valence-electron chi connectivity index (χ3n) is 6.25. The number of ether oxygens (including phenoxy) is 3. The van der Waals surface area contributed by atoms with Crippen LogP contribution in [0.4, 0.5) is 11.4 Å². The Morgan fingerprint density at radius 1 is 1.03 bits per heavy atom. The van der Waals surface area contributed by atoms with E-state index in [9.17, 15) is 9.59 Å². The van der Waals surface area contributed by atoms with Crippen molar-refractivity contribution in [3.8, 4) is 5.75 Å². The van der Waals surface area contributed by atoms with Gasteiger partial charge in [0.05, 0.1) is 37.6 Å². The molecule has 0 bridgehead atoms. The lowest BCUT2D eigenvalue weighted by Gasteiger charge is -2.26. The average molecular weight is 512 g/mol. The molecule has 8 nitrogen and oxygen atoms in total. The first-order valence-electron chi connectivity index (χ1n) is 13.4. The van der Waals surface area contributed by atoms with Crippen LogP contribution in [-0.4, -0.2) is 62.8 Å². The number of rotatable bonds is 15. The van der Waals surface area contributed by atoms with Crippen molar-refractivity contribution in [2.75, 3.05) is 56.5 Å². The molecule has 3 rings (SSSR count). The van der Waals surface area contributed by atoms with Gasteiger partial charge in [0.1, 0.15) is 12.4 Å². The molecule has 202 valence electrons. The molecule has 0 atom stereocenters. The highest BCUT2D eigenvalue weighted by molar-refractivity contribution is 5.93. The maximum Gasteiger partial charge on any atom is 0.309 e. The summed E-state index contributed by atoms with van der Waals surface area (Å²) in [6.45, 7) is 8.25. The lowest BCUT2D eigenvalue weighted by Crippen LogP contribution is -2.38. The summed E-state index contributed by atoms with van der Waals surface area (Å²) >= 11 is 0. The van der Waals surface area contributed by atoms with Gasteiger partial charge in [-0.05, 0) is 42.7 Å². The van der Waals surface area contributed by atoms with E-state index in [-0.39, 0.29) is 24.9 Å². The number of aryl methyl sites for hydroxylation is 1. The molecule has 0 unspecified atom stereocenters. The number of amides is 1. The standard InChI is InChI=1S/C29H41N3O5/c1-3-4-5-6-8-25-11-13-27(14-12-25)32(24(2)33)30-26-9-7-10-28(23-26)36-19-15-29(34)37-22-18-31-16-20-35-21-17-31/h7,9-14,23,30H,3-6,8,15-22H2,1-2H3. The van der Waals surface area contributed by atoms with Gasteiger partial charge in [-0.15, -0.1) is 0 Å². The molecule has 1 N–H and O–H groups in total. The quantitative estimate of drug-likeness (QED) is 0.208. The summed E-state index contributed by atoms with van der Waals surface area (Å²) in [5, 5.41) is 1.52. The monoisotopic (exact) mass is 511 g/mol. The Hall–Kier alpha value is -3.10. The lowest BCUT2D eigenvalue weighted by atomic mass is 10.1. The molecule has 0 spiro atoms. The summed E-state index contributed by atoms with van der Waals surface area (Å²) in [5.74, 6) is 0.206. The number of carbonyl (C=O) groups is 2. The van der Waals surface area contributed by atoms with Crippen LogP contribution in [0, 0.1) is 0 Å². The third-order valence-corrected chi connectivity index (χ3v) is 6.25. The third kappa shape index (κ3) is 10.4. The van der Waals surface area contributed by atoms with Gasteiger partial charge in [0.15, 0.2) is 0 Å². The second-order valence-electron chi connectivity index (χ2n) is 9.24. The van der Waals surface area contributed by atoms with E-state index in [0.717, 1.165) is 45.0 Å². The Bertz CT molecular complexity index is 960. The predicted octanol–water partition coefficient (Wildman–Crippen LogP) is 4.83. The zero-order valence-electron chi connectivity index (χ0n) is 22.2. The molecule has 8 heteroatoms. The second kappa shape index (κ2) is 15.9. The van der Waals surface area contributed by atoms with Gasteiger partial charge in [-0.1, -0.05) is 44.4 Å². The molecule has 1 amide bonds. The molecule has 0 aromatic heterocycles. The average Bonchev–Trinajstić information content (AvgIpc) is 2.91. The zero-order valence-corrected chi connectivity index (χ0v) is 22.2. The van der Waals surface area contributed by atoms with Crippen molar-refractivity contribution in [3.05, 3.63) is 54.1 Å². The summed E-state index contributed by atoms with van der Waals surface area (Å²) in [6, 6.07) is 15.4. The van der Waals surface area contributed by atoms with Crippen LogP contribution >= 0.6 is 0 Å². The molecule has 2 aromatic rings. The van der Waals surface area contributed by atoms with Gasteiger partial charge in [-0.25, -0.2) is 5.01 Å². The van der Waals surface area contributed by atoms with E-state index in [2.05, 4.69) is 29.4 Å². The van der Waals surface area contributed by atoms with Gasteiger partial charge < -0.3 is 14.2 Å². The maximum absolute atomic E-state index is 12.4. The lowest BCUT2D eigenvalue weighted by molar-refractivity contribution is -0.144. The number of hydrazine groups is 1. The van der Waals surface area contributed by atoms with E-state index in [0.29, 0.717) is 18.0 Å². The topological polar surface area (TPSA) is 80.3 Å². The van der Waals surface area contributed by atoms with Crippen LogP contribution in [0.5, 0.6) is 5.75 Å². The van der Waals surface area contributed by atoms with Crippen molar-refractivity contribution in [2.45, 2.75) is 52.4 Å². The first-order chi connectivity index (χ1) is 18.0. The Morgan fingerprint density at radius 2 is 1.81 bits per heavy atom. The summed E-state index contributed by atoms with van der Waals surface area (Å²) in [7, 11) is 0. The van der Waals surface area contributed by atoms with Gasteiger partial charge in [0.25, 0.3) is 0 Å². The molecule has 2 aromatic carbocycles. The van der Waals surface area contributed by atoms with Crippen LogP contribution < -0.4 is 15.2 Å². The Morgan fingerprint density at radius 3 is 2.54 bits per heavy atom. The minimum absolute atomic E-state index is 0.123. The predicted molar refractivity (Wildman–Crippen MR) is 146 cm³/mol. The van der Waals surface area contributed by atoms with Gasteiger partial charge in [-0.2, -0.15) is 0 Å². The molecule has 0 aliphatic carbocycles. The van der Waals surface area contributed by atoms with E-state index in [1.54, 1.807) is 0 Å². The van der Waals surface area contributed by atoms with Crippen LogP contribution in [-0.2, 0) is 25.5 Å². The van der Waals surface area contributed by atoms with Crippen molar-refractivity contribution in [1.29, 1.82) is 0 Å². The Kier molecular flexibility index (Phi) is 12.2. The van der Waals surface area contributed by atoms with E-state index in [1.165, 1.54) is 43.2 Å². The number of nitrogens with one attached hydrogen (secondary N) is 1. The summed E-state index contributed by atoms with van der Waals surface area (Å²) in [5.41, 5.74) is 5.93. The van der Waals surface area contributed by atoms with E-state index in [4.69, 9.17) is 14.2 Å².